The summed E-state index contributed by atoms with van der Waals surface area (Å²) < 4.78 is 0. The van der Waals surface area contributed by atoms with Crippen molar-refractivity contribution < 1.29 is 4.79 Å². The third-order valence-electron chi connectivity index (χ3n) is 2.10. The molecular formula is C11H17N3O. The third-order valence-corrected chi connectivity index (χ3v) is 2.10. The summed E-state index contributed by atoms with van der Waals surface area (Å²) in [4.78, 5) is 15.9. The summed E-state index contributed by atoms with van der Waals surface area (Å²) in [6.45, 7) is 4.56. The molecule has 15 heavy (non-hydrogen) atoms. The van der Waals surface area contributed by atoms with Gasteiger partial charge in [-0.1, -0.05) is 6.92 Å². The number of hydrogen-bond donors (Lipinski definition) is 2. The van der Waals surface area contributed by atoms with E-state index in [1.807, 2.05) is 19.9 Å². The monoisotopic (exact) mass is 207 g/mol. The molecular weight excluding hydrogens is 190 g/mol. The first-order chi connectivity index (χ1) is 7.21. The lowest BCUT2D eigenvalue weighted by Gasteiger charge is -2.07. The minimum atomic E-state index is -0.0499. The van der Waals surface area contributed by atoms with E-state index in [1.165, 1.54) is 0 Å². The molecule has 0 radical (unpaired) electrons. The zero-order valence-electron chi connectivity index (χ0n) is 9.42. The van der Waals surface area contributed by atoms with E-state index in [-0.39, 0.29) is 5.91 Å². The number of pyridine rings is 1. The van der Waals surface area contributed by atoms with Gasteiger partial charge < -0.3 is 10.6 Å². The van der Waals surface area contributed by atoms with Crippen LogP contribution in [0.5, 0.6) is 0 Å². The maximum absolute atomic E-state index is 11.6. The Balaban J connectivity index is 3.01. The van der Waals surface area contributed by atoms with E-state index in [9.17, 15) is 4.79 Å². The second-order valence-corrected chi connectivity index (χ2v) is 3.20. The molecule has 0 bridgehead atoms. The van der Waals surface area contributed by atoms with Gasteiger partial charge in [-0.05, 0) is 25.5 Å². The highest BCUT2D eigenvalue weighted by molar-refractivity contribution is 5.94. The van der Waals surface area contributed by atoms with Crippen LogP contribution in [-0.4, -0.2) is 24.5 Å². The fraction of sp³-hybridized carbons (Fsp3) is 0.455. The van der Waals surface area contributed by atoms with Gasteiger partial charge in [-0.3, -0.25) is 4.79 Å². The van der Waals surface area contributed by atoms with Crippen LogP contribution in [0.25, 0.3) is 0 Å². The number of rotatable bonds is 4. The quantitative estimate of drug-likeness (QED) is 0.785. The normalized spacial score (nSPS) is 9.80. The topological polar surface area (TPSA) is 54.0 Å². The first kappa shape index (κ1) is 11.5. The molecule has 1 aromatic heterocycles. The van der Waals surface area contributed by atoms with Crippen LogP contribution >= 0.6 is 0 Å². The van der Waals surface area contributed by atoms with E-state index in [1.54, 1.807) is 13.1 Å². The Bertz CT molecular complexity index is 327. The fourth-order valence-electron chi connectivity index (χ4n) is 1.29. The Hall–Kier alpha value is -1.58. The Kier molecular flexibility index (Phi) is 4.09. The van der Waals surface area contributed by atoms with Crippen molar-refractivity contribution in [2.24, 2.45) is 0 Å². The Morgan fingerprint density at radius 2 is 2.13 bits per heavy atom. The summed E-state index contributed by atoms with van der Waals surface area (Å²) in [5.74, 6) is 0.682. The Morgan fingerprint density at radius 1 is 1.40 bits per heavy atom. The van der Waals surface area contributed by atoms with Crippen molar-refractivity contribution in [1.29, 1.82) is 0 Å². The predicted octanol–water partition coefficient (Wildman–Crippen LogP) is 1.44. The Morgan fingerprint density at radius 3 is 2.67 bits per heavy atom. The van der Waals surface area contributed by atoms with Crippen molar-refractivity contribution in [2.45, 2.75) is 20.3 Å². The highest BCUT2D eigenvalue weighted by Gasteiger charge is 2.07. The van der Waals surface area contributed by atoms with Gasteiger partial charge in [-0.15, -0.1) is 0 Å². The molecule has 0 aliphatic carbocycles. The number of nitrogens with one attached hydrogen (secondary N) is 2. The average Bonchev–Trinajstić information content (AvgIpc) is 2.28. The van der Waals surface area contributed by atoms with Gasteiger partial charge in [0.05, 0.1) is 0 Å². The summed E-state index contributed by atoms with van der Waals surface area (Å²) in [5, 5.41) is 5.72. The number of hydrogen-bond acceptors (Lipinski definition) is 3. The van der Waals surface area contributed by atoms with Crippen LogP contribution in [0.4, 0.5) is 5.82 Å². The van der Waals surface area contributed by atoms with E-state index in [0.29, 0.717) is 12.1 Å². The molecule has 4 heteroatoms. The molecule has 1 amide bonds. The molecule has 1 heterocycles. The molecule has 2 N–H and O–H groups in total. The van der Waals surface area contributed by atoms with Gasteiger partial charge in [-0.25, -0.2) is 4.98 Å². The number of aryl methyl sites for hydroxylation is 1. The van der Waals surface area contributed by atoms with Crippen LogP contribution in [0.3, 0.4) is 0 Å². The van der Waals surface area contributed by atoms with Crippen LogP contribution in [0, 0.1) is 0 Å². The summed E-state index contributed by atoms with van der Waals surface area (Å²) >= 11 is 0. The van der Waals surface area contributed by atoms with Gasteiger partial charge in [0, 0.05) is 24.8 Å². The number of amides is 1. The van der Waals surface area contributed by atoms with E-state index >= 15 is 0 Å². The SMILES string of the molecule is CCNC(=O)c1cc(CC)nc(NC)c1. The molecule has 0 spiro atoms. The van der Waals surface area contributed by atoms with Crippen LogP contribution < -0.4 is 10.6 Å². The molecule has 0 unspecified atom stereocenters. The van der Waals surface area contributed by atoms with E-state index in [4.69, 9.17) is 0 Å². The standard InChI is InChI=1S/C11H17N3O/c1-4-9-6-8(11(15)13-5-2)7-10(12-3)14-9/h6-7H,4-5H2,1-3H3,(H,12,14)(H,13,15). The van der Waals surface area contributed by atoms with Gasteiger partial charge in [0.15, 0.2) is 0 Å². The van der Waals surface area contributed by atoms with Gasteiger partial charge in [0.1, 0.15) is 5.82 Å². The van der Waals surface area contributed by atoms with Gasteiger partial charge in [-0.2, -0.15) is 0 Å². The van der Waals surface area contributed by atoms with E-state index < -0.39 is 0 Å². The molecule has 0 aliphatic rings. The van der Waals surface area contributed by atoms with Gasteiger partial charge in [0.2, 0.25) is 0 Å². The molecule has 4 nitrogen and oxygen atoms in total. The molecule has 0 aromatic carbocycles. The molecule has 0 saturated heterocycles. The van der Waals surface area contributed by atoms with Crippen LogP contribution in [-0.2, 0) is 6.42 Å². The molecule has 0 atom stereocenters. The zero-order chi connectivity index (χ0) is 11.3. The maximum atomic E-state index is 11.6. The fourth-order valence-corrected chi connectivity index (χ4v) is 1.29. The minimum absolute atomic E-state index is 0.0499. The number of aromatic nitrogens is 1. The third kappa shape index (κ3) is 2.94. The highest BCUT2D eigenvalue weighted by Crippen LogP contribution is 2.10. The van der Waals surface area contributed by atoms with Crippen molar-refractivity contribution in [3.8, 4) is 0 Å². The molecule has 0 fully saturated rings. The van der Waals surface area contributed by atoms with E-state index in [2.05, 4.69) is 15.6 Å². The summed E-state index contributed by atoms with van der Waals surface area (Å²) in [5.41, 5.74) is 1.58. The average molecular weight is 207 g/mol. The predicted molar refractivity (Wildman–Crippen MR) is 61.2 cm³/mol. The van der Waals surface area contributed by atoms with Crippen molar-refractivity contribution in [2.75, 3.05) is 18.9 Å². The largest absolute Gasteiger partial charge is 0.373 e. The second-order valence-electron chi connectivity index (χ2n) is 3.20. The van der Waals surface area contributed by atoms with Crippen LogP contribution in [0.15, 0.2) is 12.1 Å². The minimum Gasteiger partial charge on any atom is -0.373 e. The maximum Gasteiger partial charge on any atom is 0.251 e. The molecule has 0 aliphatic heterocycles. The Labute approximate surface area is 90.1 Å². The first-order valence-corrected chi connectivity index (χ1v) is 5.18. The lowest BCUT2D eigenvalue weighted by atomic mass is 10.2. The summed E-state index contributed by atoms with van der Waals surface area (Å²) in [6.07, 6.45) is 0.821. The number of nitrogens with zero attached hydrogens (tertiary/aromatic N) is 1. The molecule has 0 saturated carbocycles. The van der Waals surface area contributed by atoms with E-state index in [0.717, 1.165) is 17.9 Å². The summed E-state index contributed by atoms with van der Waals surface area (Å²) in [6, 6.07) is 3.58. The molecule has 1 aromatic rings. The highest BCUT2D eigenvalue weighted by atomic mass is 16.1. The smallest absolute Gasteiger partial charge is 0.251 e. The van der Waals surface area contributed by atoms with Gasteiger partial charge >= 0.3 is 0 Å². The zero-order valence-corrected chi connectivity index (χ0v) is 9.42. The molecule has 82 valence electrons. The van der Waals surface area contributed by atoms with Crippen LogP contribution in [0.1, 0.15) is 29.9 Å². The van der Waals surface area contributed by atoms with Crippen molar-refractivity contribution in [1.82, 2.24) is 10.3 Å². The number of anilines is 1. The van der Waals surface area contributed by atoms with Crippen molar-refractivity contribution in [3.63, 3.8) is 0 Å². The lowest BCUT2D eigenvalue weighted by Crippen LogP contribution is -2.23. The van der Waals surface area contributed by atoms with Crippen molar-refractivity contribution >= 4 is 11.7 Å². The van der Waals surface area contributed by atoms with Crippen LogP contribution in [0.2, 0.25) is 0 Å². The lowest BCUT2D eigenvalue weighted by molar-refractivity contribution is 0.0955. The first-order valence-electron chi connectivity index (χ1n) is 5.18. The van der Waals surface area contributed by atoms with Crippen molar-refractivity contribution in [3.05, 3.63) is 23.4 Å². The number of carbonyl (C=O) groups excluding carboxylic acids is 1. The molecule has 1 rings (SSSR count). The van der Waals surface area contributed by atoms with Gasteiger partial charge in [0.25, 0.3) is 5.91 Å². The number of carbonyl (C=O) groups is 1. The second kappa shape index (κ2) is 5.34. The summed E-state index contributed by atoms with van der Waals surface area (Å²) in [7, 11) is 1.79.